The summed E-state index contributed by atoms with van der Waals surface area (Å²) in [7, 11) is 0. The van der Waals surface area contributed by atoms with Crippen LogP contribution in [0.1, 0.15) is 41.4 Å². The molecule has 0 radical (unpaired) electrons. The topological polar surface area (TPSA) is 37.6 Å². The summed E-state index contributed by atoms with van der Waals surface area (Å²) >= 11 is 1.53. The number of benzene rings is 1. The van der Waals surface area contributed by atoms with Gasteiger partial charge in [-0.1, -0.05) is 18.6 Å². The van der Waals surface area contributed by atoms with Gasteiger partial charge in [-0.25, -0.2) is 9.37 Å². The summed E-state index contributed by atoms with van der Waals surface area (Å²) in [6.45, 7) is 3.53. The normalized spacial score (nSPS) is 18.7. The number of rotatable bonds is 3. The second kappa shape index (κ2) is 6.69. The highest BCUT2D eigenvalue weighted by atomic mass is 32.1. The van der Waals surface area contributed by atoms with Crippen LogP contribution in [0.2, 0.25) is 0 Å². The summed E-state index contributed by atoms with van der Waals surface area (Å²) in [6, 6.07) is 8.65. The minimum atomic E-state index is -0.199. The van der Waals surface area contributed by atoms with E-state index in [2.05, 4.69) is 9.88 Å². The van der Waals surface area contributed by atoms with E-state index in [1.54, 1.807) is 22.6 Å². The summed E-state index contributed by atoms with van der Waals surface area (Å²) in [4.78, 5) is 21.1. The minimum absolute atomic E-state index is 0.0383. The molecule has 6 heteroatoms. The monoisotopic (exact) mass is 357 g/mol. The van der Waals surface area contributed by atoms with Crippen LogP contribution in [0.5, 0.6) is 0 Å². The number of fused-ring (bicyclic) bond motifs is 1. The van der Waals surface area contributed by atoms with E-state index in [4.69, 9.17) is 0 Å². The first kappa shape index (κ1) is 16.4. The zero-order valence-electron chi connectivity index (χ0n) is 14.1. The van der Waals surface area contributed by atoms with Gasteiger partial charge >= 0.3 is 0 Å². The van der Waals surface area contributed by atoms with Gasteiger partial charge in [-0.15, -0.1) is 11.3 Å². The van der Waals surface area contributed by atoms with Gasteiger partial charge in [0.05, 0.1) is 5.69 Å². The van der Waals surface area contributed by atoms with Crippen LogP contribution in [0.4, 0.5) is 4.39 Å². The Morgan fingerprint density at radius 2 is 2.20 bits per heavy atom. The standard InChI is InChI=1S/C19H20FN3OS/c1-13-11-23-18(24)10-16(21-19(23)25-13)12-22-8-3-2-7-17(22)14-5-4-6-15(20)9-14/h4-6,9-11,17H,2-3,7-8,12H2,1H3. The van der Waals surface area contributed by atoms with Gasteiger partial charge < -0.3 is 0 Å². The summed E-state index contributed by atoms with van der Waals surface area (Å²) < 4.78 is 15.2. The molecule has 1 saturated heterocycles. The van der Waals surface area contributed by atoms with Crippen molar-refractivity contribution < 1.29 is 4.39 Å². The number of halogens is 1. The summed E-state index contributed by atoms with van der Waals surface area (Å²) in [5.41, 5.74) is 1.75. The largest absolute Gasteiger partial charge is 0.291 e. The molecule has 4 rings (SSSR count). The number of hydrogen-bond donors (Lipinski definition) is 0. The SMILES string of the molecule is Cc1cn2c(=O)cc(CN3CCCCC3c3cccc(F)c3)nc2s1. The average Bonchev–Trinajstić information content (AvgIpc) is 2.96. The first-order valence-corrected chi connectivity index (χ1v) is 9.40. The number of likely N-dealkylation sites (tertiary alicyclic amines) is 1. The lowest BCUT2D eigenvalue weighted by molar-refractivity contribution is 0.138. The number of piperidine rings is 1. The van der Waals surface area contributed by atoms with Crippen LogP contribution in [-0.4, -0.2) is 20.8 Å². The molecule has 0 aliphatic carbocycles. The Bertz CT molecular complexity index is 965. The average molecular weight is 357 g/mol. The number of nitrogens with zero attached hydrogens (tertiary/aromatic N) is 3. The predicted octanol–water partition coefficient (Wildman–Crippen LogP) is 3.93. The molecule has 1 aromatic carbocycles. The molecule has 0 spiro atoms. The maximum atomic E-state index is 13.6. The third kappa shape index (κ3) is 3.37. The van der Waals surface area contributed by atoms with E-state index >= 15 is 0 Å². The van der Waals surface area contributed by atoms with E-state index in [1.165, 1.54) is 17.4 Å². The Labute approximate surface area is 149 Å². The van der Waals surface area contributed by atoms with E-state index in [-0.39, 0.29) is 17.4 Å². The van der Waals surface area contributed by atoms with Gasteiger partial charge in [0.25, 0.3) is 5.56 Å². The van der Waals surface area contributed by atoms with Crippen molar-refractivity contribution in [2.75, 3.05) is 6.54 Å². The van der Waals surface area contributed by atoms with Crippen LogP contribution in [0.3, 0.4) is 0 Å². The molecule has 0 bridgehead atoms. The van der Waals surface area contributed by atoms with Crippen LogP contribution >= 0.6 is 11.3 Å². The molecule has 4 nitrogen and oxygen atoms in total. The predicted molar refractivity (Wildman–Crippen MR) is 97.5 cm³/mol. The minimum Gasteiger partial charge on any atom is -0.291 e. The van der Waals surface area contributed by atoms with E-state index in [9.17, 15) is 9.18 Å². The molecule has 3 aromatic rings. The van der Waals surface area contributed by atoms with Crippen molar-refractivity contribution in [1.82, 2.24) is 14.3 Å². The molecular weight excluding hydrogens is 337 g/mol. The fourth-order valence-electron chi connectivity index (χ4n) is 3.62. The molecule has 0 saturated carbocycles. The summed E-state index contributed by atoms with van der Waals surface area (Å²) in [5, 5.41) is 0. The fourth-order valence-corrected chi connectivity index (χ4v) is 4.47. The van der Waals surface area contributed by atoms with Gasteiger partial charge in [0.1, 0.15) is 5.82 Å². The van der Waals surface area contributed by atoms with E-state index in [0.29, 0.717) is 6.54 Å². The summed E-state index contributed by atoms with van der Waals surface area (Å²) in [5.74, 6) is -0.199. The van der Waals surface area contributed by atoms with Gasteiger partial charge in [0, 0.05) is 29.7 Å². The second-order valence-electron chi connectivity index (χ2n) is 6.62. The number of aryl methyl sites for hydroxylation is 1. The molecule has 25 heavy (non-hydrogen) atoms. The molecule has 1 unspecified atom stereocenters. The highest BCUT2D eigenvalue weighted by Crippen LogP contribution is 2.32. The second-order valence-corrected chi connectivity index (χ2v) is 7.83. The van der Waals surface area contributed by atoms with E-state index in [1.807, 2.05) is 19.2 Å². The molecule has 1 aliphatic rings. The van der Waals surface area contributed by atoms with Crippen molar-refractivity contribution >= 4 is 16.3 Å². The van der Waals surface area contributed by atoms with Crippen LogP contribution in [-0.2, 0) is 6.54 Å². The van der Waals surface area contributed by atoms with Gasteiger partial charge in [0.15, 0.2) is 4.96 Å². The lowest BCUT2D eigenvalue weighted by Gasteiger charge is -2.35. The highest BCUT2D eigenvalue weighted by molar-refractivity contribution is 7.16. The van der Waals surface area contributed by atoms with Crippen LogP contribution < -0.4 is 5.56 Å². The molecule has 0 amide bonds. The number of thiazole rings is 1. The smallest absolute Gasteiger partial charge is 0.258 e. The van der Waals surface area contributed by atoms with Gasteiger partial charge in [-0.05, 0) is 44.0 Å². The molecule has 3 heterocycles. The zero-order valence-corrected chi connectivity index (χ0v) is 14.9. The Morgan fingerprint density at radius 3 is 3.04 bits per heavy atom. The molecule has 1 fully saturated rings. The number of hydrogen-bond acceptors (Lipinski definition) is 4. The maximum Gasteiger partial charge on any atom is 0.258 e. The van der Waals surface area contributed by atoms with Crippen molar-refractivity contribution in [3.63, 3.8) is 0 Å². The molecule has 2 aromatic heterocycles. The molecular formula is C19H20FN3OS. The first-order chi connectivity index (χ1) is 12.1. The van der Waals surface area contributed by atoms with Gasteiger partial charge in [-0.2, -0.15) is 0 Å². The van der Waals surface area contributed by atoms with Crippen molar-refractivity contribution in [3.05, 3.63) is 68.8 Å². The molecule has 130 valence electrons. The van der Waals surface area contributed by atoms with Crippen LogP contribution in [0.25, 0.3) is 4.96 Å². The van der Waals surface area contributed by atoms with Crippen molar-refractivity contribution in [1.29, 1.82) is 0 Å². The third-order valence-electron chi connectivity index (χ3n) is 4.75. The Hall–Kier alpha value is -2.05. The van der Waals surface area contributed by atoms with Crippen molar-refractivity contribution in [2.45, 2.75) is 38.8 Å². The Morgan fingerprint density at radius 1 is 1.32 bits per heavy atom. The van der Waals surface area contributed by atoms with E-state index in [0.717, 1.165) is 46.9 Å². The zero-order chi connectivity index (χ0) is 17.4. The van der Waals surface area contributed by atoms with Gasteiger partial charge in [-0.3, -0.25) is 14.1 Å². The Kier molecular flexibility index (Phi) is 4.39. The maximum absolute atomic E-state index is 13.6. The summed E-state index contributed by atoms with van der Waals surface area (Å²) in [6.07, 6.45) is 5.08. The lowest BCUT2D eigenvalue weighted by atomic mass is 9.95. The van der Waals surface area contributed by atoms with E-state index < -0.39 is 0 Å². The van der Waals surface area contributed by atoms with Crippen LogP contribution in [0.15, 0.2) is 41.3 Å². The highest BCUT2D eigenvalue weighted by Gasteiger charge is 2.25. The fraction of sp³-hybridized carbons (Fsp3) is 0.368. The molecule has 1 atom stereocenters. The van der Waals surface area contributed by atoms with Crippen LogP contribution in [0, 0.1) is 12.7 Å². The lowest BCUT2D eigenvalue weighted by Crippen LogP contribution is -2.33. The molecule has 1 aliphatic heterocycles. The molecule has 0 N–H and O–H groups in total. The van der Waals surface area contributed by atoms with Crippen molar-refractivity contribution in [2.24, 2.45) is 0 Å². The first-order valence-electron chi connectivity index (χ1n) is 8.58. The Balaban J connectivity index is 1.64. The quantitative estimate of drug-likeness (QED) is 0.713. The van der Waals surface area contributed by atoms with Gasteiger partial charge in [0.2, 0.25) is 0 Å². The van der Waals surface area contributed by atoms with Crippen molar-refractivity contribution in [3.8, 4) is 0 Å². The third-order valence-corrected chi connectivity index (χ3v) is 5.65. The number of aromatic nitrogens is 2.